The van der Waals surface area contributed by atoms with Gasteiger partial charge in [0.15, 0.2) is 0 Å². The van der Waals surface area contributed by atoms with E-state index in [0.717, 1.165) is 9.80 Å². The van der Waals surface area contributed by atoms with Gasteiger partial charge in [-0.25, -0.2) is 0 Å². The average molecular weight is 294 g/mol. The standard InChI is InChI=1S/C9H10Br2O/c1-12-6-8-4-7(5-10)2-3-9(8)11/h2-4H,5-6H2,1H3. The Bertz CT molecular complexity index is 261. The summed E-state index contributed by atoms with van der Waals surface area (Å²) in [5, 5.41) is 0.886. The highest BCUT2D eigenvalue weighted by Gasteiger charge is 1.99. The number of ether oxygens (including phenoxy) is 1. The fourth-order valence-corrected chi connectivity index (χ4v) is 1.69. The van der Waals surface area contributed by atoms with E-state index >= 15 is 0 Å². The maximum Gasteiger partial charge on any atom is 0.0724 e. The van der Waals surface area contributed by atoms with E-state index in [1.807, 2.05) is 6.07 Å². The summed E-state index contributed by atoms with van der Waals surface area (Å²) >= 11 is 6.88. The Kier molecular flexibility index (Phi) is 4.26. The summed E-state index contributed by atoms with van der Waals surface area (Å²) in [7, 11) is 1.70. The SMILES string of the molecule is COCc1cc(CBr)ccc1Br. The molecule has 0 aromatic heterocycles. The first kappa shape index (κ1) is 10.2. The zero-order chi connectivity index (χ0) is 8.97. The van der Waals surface area contributed by atoms with Crippen LogP contribution in [0.25, 0.3) is 0 Å². The molecule has 0 fully saturated rings. The second-order valence-electron chi connectivity index (χ2n) is 2.49. The predicted octanol–water partition coefficient (Wildman–Crippen LogP) is 3.49. The molecule has 0 saturated carbocycles. The third-order valence-electron chi connectivity index (χ3n) is 1.56. The average Bonchev–Trinajstić information content (AvgIpc) is 2.09. The summed E-state index contributed by atoms with van der Waals surface area (Å²) in [5.41, 5.74) is 2.46. The lowest BCUT2D eigenvalue weighted by molar-refractivity contribution is 0.184. The first-order valence-corrected chi connectivity index (χ1v) is 5.51. The molecule has 1 aromatic rings. The van der Waals surface area contributed by atoms with Crippen LogP contribution in [-0.4, -0.2) is 7.11 Å². The van der Waals surface area contributed by atoms with Crippen molar-refractivity contribution in [1.29, 1.82) is 0 Å². The molecule has 12 heavy (non-hydrogen) atoms. The van der Waals surface area contributed by atoms with Gasteiger partial charge in [0.25, 0.3) is 0 Å². The van der Waals surface area contributed by atoms with Crippen molar-refractivity contribution in [3.05, 3.63) is 33.8 Å². The molecule has 0 unspecified atom stereocenters. The van der Waals surface area contributed by atoms with Crippen LogP contribution in [0.5, 0.6) is 0 Å². The quantitative estimate of drug-likeness (QED) is 0.775. The molecule has 0 saturated heterocycles. The Morgan fingerprint density at radius 3 is 2.75 bits per heavy atom. The van der Waals surface area contributed by atoms with E-state index < -0.39 is 0 Å². The van der Waals surface area contributed by atoms with Crippen molar-refractivity contribution in [2.75, 3.05) is 7.11 Å². The van der Waals surface area contributed by atoms with E-state index in [1.165, 1.54) is 11.1 Å². The zero-order valence-electron chi connectivity index (χ0n) is 6.81. The summed E-state index contributed by atoms with van der Waals surface area (Å²) in [6.07, 6.45) is 0. The van der Waals surface area contributed by atoms with Crippen molar-refractivity contribution in [2.24, 2.45) is 0 Å². The number of alkyl halides is 1. The highest BCUT2D eigenvalue weighted by molar-refractivity contribution is 9.10. The minimum Gasteiger partial charge on any atom is -0.380 e. The molecule has 1 aromatic carbocycles. The van der Waals surface area contributed by atoms with Crippen LogP contribution >= 0.6 is 31.9 Å². The minimum absolute atomic E-state index is 0.654. The van der Waals surface area contributed by atoms with Gasteiger partial charge < -0.3 is 4.74 Å². The van der Waals surface area contributed by atoms with Crippen LogP contribution in [0.4, 0.5) is 0 Å². The zero-order valence-corrected chi connectivity index (χ0v) is 9.98. The van der Waals surface area contributed by atoms with Crippen LogP contribution in [0.15, 0.2) is 22.7 Å². The van der Waals surface area contributed by atoms with Crippen molar-refractivity contribution in [2.45, 2.75) is 11.9 Å². The van der Waals surface area contributed by atoms with Gasteiger partial charge in [0, 0.05) is 16.9 Å². The normalized spacial score (nSPS) is 10.2. The fourth-order valence-electron chi connectivity index (χ4n) is 0.977. The maximum absolute atomic E-state index is 5.06. The topological polar surface area (TPSA) is 9.23 Å². The van der Waals surface area contributed by atoms with Gasteiger partial charge in [-0.15, -0.1) is 0 Å². The lowest BCUT2D eigenvalue weighted by Crippen LogP contribution is -1.90. The number of halogens is 2. The molecular weight excluding hydrogens is 284 g/mol. The molecule has 0 bridgehead atoms. The van der Waals surface area contributed by atoms with Gasteiger partial charge in [-0.3, -0.25) is 0 Å². The third kappa shape index (κ3) is 2.57. The molecule has 0 heterocycles. The van der Waals surface area contributed by atoms with Crippen molar-refractivity contribution < 1.29 is 4.74 Å². The second kappa shape index (κ2) is 5.00. The predicted molar refractivity (Wildman–Crippen MR) is 57.5 cm³/mol. The van der Waals surface area contributed by atoms with Crippen LogP contribution < -0.4 is 0 Å². The van der Waals surface area contributed by atoms with E-state index in [2.05, 4.69) is 44.0 Å². The van der Waals surface area contributed by atoms with Gasteiger partial charge in [-0.05, 0) is 17.2 Å². The molecule has 3 heteroatoms. The first-order chi connectivity index (χ1) is 5.77. The van der Waals surface area contributed by atoms with Crippen LogP contribution in [0.3, 0.4) is 0 Å². The molecule has 0 aliphatic heterocycles. The lowest BCUT2D eigenvalue weighted by Gasteiger charge is -2.04. The van der Waals surface area contributed by atoms with E-state index in [4.69, 9.17) is 4.74 Å². The summed E-state index contributed by atoms with van der Waals surface area (Å²) in [5.74, 6) is 0. The number of hydrogen-bond acceptors (Lipinski definition) is 1. The van der Waals surface area contributed by atoms with Crippen molar-refractivity contribution >= 4 is 31.9 Å². The molecule has 0 aliphatic carbocycles. The first-order valence-electron chi connectivity index (χ1n) is 3.60. The van der Waals surface area contributed by atoms with E-state index in [9.17, 15) is 0 Å². The fraction of sp³-hybridized carbons (Fsp3) is 0.333. The van der Waals surface area contributed by atoms with E-state index in [0.29, 0.717) is 6.61 Å². The van der Waals surface area contributed by atoms with E-state index in [-0.39, 0.29) is 0 Å². The van der Waals surface area contributed by atoms with Crippen LogP contribution in [-0.2, 0) is 16.7 Å². The van der Waals surface area contributed by atoms with Crippen molar-refractivity contribution in [3.8, 4) is 0 Å². The Hall–Kier alpha value is 0.140. The van der Waals surface area contributed by atoms with Gasteiger partial charge >= 0.3 is 0 Å². The highest BCUT2D eigenvalue weighted by Crippen LogP contribution is 2.20. The van der Waals surface area contributed by atoms with Crippen LogP contribution in [0, 0.1) is 0 Å². The lowest BCUT2D eigenvalue weighted by atomic mass is 10.1. The van der Waals surface area contributed by atoms with Gasteiger partial charge in [-0.1, -0.05) is 44.0 Å². The van der Waals surface area contributed by atoms with Crippen LogP contribution in [0.2, 0.25) is 0 Å². The minimum atomic E-state index is 0.654. The molecular formula is C9H10Br2O. The smallest absolute Gasteiger partial charge is 0.0724 e. The molecule has 0 atom stereocenters. The largest absolute Gasteiger partial charge is 0.380 e. The maximum atomic E-state index is 5.06. The summed E-state index contributed by atoms with van der Waals surface area (Å²) < 4.78 is 6.17. The monoisotopic (exact) mass is 292 g/mol. The summed E-state index contributed by atoms with van der Waals surface area (Å²) in [6, 6.07) is 6.26. The van der Waals surface area contributed by atoms with Crippen molar-refractivity contribution in [1.82, 2.24) is 0 Å². The molecule has 0 N–H and O–H groups in total. The number of hydrogen-bond donors (Lipinski definition) is 0. The molecule has 0 aliphatic rings. The Balaban J connectivity index is 2.91. The number of methoxy groups -OCH3 is 1. The summed E-state index contributed by atoms with van der Waals surface area (Å²) in [4.78, 5) is 0. The van der Waals surface area contributed by atoms with Gasteiger partial charge in [0.1, 0.15) is 0 Å². The Morgan fingerprint density at radius 2 is 2.17 bits per heavy atom. The van der Waals surface area contributed by atoms with E-state index in [1.54, 1.807) is 7.11 Å². The van der Waals surface area contributed by atoms with Crippen LogP contribution in [0.1, 0.15) is 11.1 Å². The molecule has 66 valence electrons. The van der Waals surface area contributed by atoms with Gasteiger partial charge in [-0.2, -0.15) is 0 Å². The molecule has 0 spiro atoms. The third-order valence-corrected chi connectivity index (χ3v) is 2.99. The Labute approximate surface area is 89.4 Å². The number of benzene rings is 1. The summed E-state index contributed by atoms with van der Waals surface area (Å²) in [6.45, 7) is 0.654. The molecule has 1 rings (SSSR count). The van der Waals surface area contributed by atoms with Gasteiger partial charge in [0.2, 0.25) is 0 Å². The molecule has 1 nitrogen and oxygen atoms in total. The Morgan fingerprint density at radius 1 is 1.42 bits per heavy atom. The highest BCUT2D eigenvalue weighted by atomic mass is 79.9. The van der Waals surface area contributed by atoms with Crippen molar-refractivity contribution in [3.63, 3.8) is 0 Å². The van der Waals surface area contributed by atoms with Gasteiger partial charge in [0.05, 0.1) is 6.61 Å². The molecule has 0 amide bonds. The second-order valence-corrected chi connectivity index (χ2v) is 3.91. The number of rotatable bonds is 3. The molecule has 0 radical (unpaired) electrons.